The first-order chi connectivity index (χ1) is 20.1. The van der Waals surface area contributed by atoms with Crippen molar-refractivity contribution < 1.29 is 4.39 Å². The van der Waals surface area contributed by atoms with E-state index in [1.54, 1.807) is 24.3 Å². The fourth-order valence-electron chi connectivity index (χ4n) is 4.31. The van der Waals surface area contributed by atoms with Gasteiger partial charge in [0, 0.05) is 41.9 Å². The lowest BCUT2D eigenvalue weighted by molar-refractivity contribution is 0.312. The standard InChI is InChI=1S/C33H44FN5S.C2H6/c1-8-9-33(38-31-12-10-28(34)11-13-31)37-27(6)36-30-14-16-32(17-15-30)40(7)39-20-18-29(19-21-39)35-23-25(4)22-26(5)24(2)3;1-2/h8-17,22,29,35,38H,1,7,18-21,23H2,2-6H3,(H,36,37);1-2H3/b25-22+,33-9+;. The number of aliphatic imine (C=N–C) groups is 1. The third kappa shape index (κ3) is 11.9. The Bertz CT molecular complexity index is 1280. The number of piperidine rings is 1. The molecular formula is C35H50FN5S. The highest BCUT2D eigenvalue weighted by Gasteiger charge is 2.20. The Morgan fingerprint density at radius 1 is 0.952 bits per heavy atom. The molecule has 2 aromatic carbocycles. The topological polar surface area (TPSA) is 51.7 Å². The highest BCUT2D eigenvalue weighted by molar-refractivity contribution is 8.12. The maximum atomic E-state index is 13.2. The van der Waals surface area contributed by atoms with Crippen LogP contribution in [0.1, 0.15) is 61.3 Å². The third-order valence-electron chi connectivity index (χ3n) is 6.82. The summed E-state index contributed by atoms with van der Waals surface area (Å²) < 4.78 is 15.7. The van der Waals surface area contributed by atoms with Crippen LogP contribution in [0.5, 0.6) is 0 Å². The smallest absolute Gasteiger partial charge is 0.132 e. The van der Waals surface area contributed by atoms with Gasteiger partial charge in [-0.25, -0.2) is 9.38 Å². The van der Waals surface area contributed by atoms with Gasteiger partial charge in [-0.1, -0.05) is 65.8 Å². The molecule has 0 aliphatic carbocycles. The molecule has 0 bridgehead atoms. The molecule has 1 atom stereocenters. The number of rotatable bonds is 11. The fraction of sp³-hybridized carbons (Fsp3) is 0.371. The van der Waals surface area contributed by atoms with Gasteiger partial charge in [0.15, 0.2) is 0 Å². The van der Waals surface area contributed by atoms with Crippen molar-refractivity contribution in [2.75, 3.05) is 30.3 Å². The molecule has 1 heterocycles. The molecule has 1 aliphatic heterocycles. The third-order valence-corrected chi connectivity index (χ3v) is 8.62. The first kappa shape index (κ1) is 34.9. The Balaban J connectivity index is 0.00000301. The second-order valence-electron chi connectivity index (χ2n) is 10.4. The minimum atomic E-state index is -0.278. The van der Waals surface area contributed by atoms with Crippen molar-refractivity contribution in [1.29, 1.82) is 0 Å². The first-order valence-corrected chi connectivity index (χ1v) is 16.1. The van der Waals surface area contributed by atoms with Gasteiger partial charge in [0.25, 0.3) is 0 Å². The number of benzene rings is 2. The summed E-state index contributed by atoms with van der Waals surface area (Å²) in [7, 11) is -0.195. The Morgan fingerprint density at radius 2 is 1.52 bits per heavy atom. The molecule has 0 radical (unpaired) electrons. The lowest BCUT2D eigenvalue weighted by atomic mass is 10.1. The van der Waals surface area contributed by atoms with E-state index >= 15 is 0 Å². The van der Waals surface area contributed by atoms with Crippen molar-refractivity contribution in [1.82, 2.24) is 9.62 Å². The van der Waals surface area contributed by atoms with Crippen LogP contribution in [-0.4, -0.2) is 41.7 Å². The molecule has 0 saturated carbocycles. The van der Waals surface area contributed by atoms with Crippen molar-refractivity contribution in [2.45, 2.75) is 72.2 Å². The van der Waals surface area contributed by atoms with Crippen molar-refractivity contribution in [3.8, 4) is 0 Å². The fourth-order valence-corrected chi connectivity index (χ4v) is 5.71. The molecule has 228 valence electrons. The van der Waals surface area contributed by atoms with Crippen molar-refractivity contribution in [3.63, 3.8) is 0 Å². The van der Waals surface area contributed by atoms with Crippen LogP contribution in [0, 0.1) is 5.82 Å². The van der Waals surface area contributed by atoms with Crippen LogP contribution >= 0.6 is 10.7 Å². The normalized spacial score (nSPS) is 15.8. The average molecular weight is 592 g/mol. The van der Waals surface area contributed by atoms with Gasteiger partial charge in [0.2, 0.25) is 0 Å². The molecule has 7 heteroatoms. The zero-order chi connectivity index (χ0) is 31.1. The molecule has 3 N–H and O–H groups in total. The molecule has 0 amide bonds. The minimum absolute atomic E-state index is 0.195. The second-order valence-corrected chi connectivity index (χ2v) is 12.1. The largest absolute Gasteiger partial charge is 0.344 e. The summed E-state index contributed by atoms with van der Waals surface area (Å²) >= 11 is 0. The lowest BCUT2D eigenvalue weighted by Gasteiger charge is -2.34. The summed E-state index contributed by atoms with van der Waals surface area (Å²) in [5, 5.41) is 10.3. The van der Waals surface area contributed by atoms with Crippen LogP contribution < -0.4 is 16.0 Å². The van der Waals surface area contributed by atoms with Gasteiger partial charge in [-0.15, -0.1) is 0 Å². The van der Waals surface area contributed by atoms with E-state index in [4.69, 9.17) is 0 Å². The van der Waals surface area contributed by atoms with Crippen LogP contribution in [0.3, 0.4) is 0 Å². The SMILES string of the molecule is C=C/C=C(\N=C(/C)Nc1ccc(S(=C)N2CCC(NC/C(C)=C/C(C)=C(C)C)CC2)cc1)Nc1ccc(F)cc1.CC. The molecule has 0 aromatic heterocycles. The first-order valence-electron chi connectivity index (χ1n) is 14.8. The average Bonchev–Trinajstić information content (AvgIpc) is 2.98. The second kappa shape index (κ2) is 18.3. The number of nitrogens with one attached hydrogen (secondary N) is 3. The summed E-state index contributed by atoms with van der Waals surface area (Å²) in [5.41, 5.74) is 5.81. The molecule has 42 heavy (non-hydrogen) atoms. The van der Waals surface area contributed by atoms with Gasteiger partial charge in [-0.3, -0.25) is 4.31 Å². The number of hydrogen-bond donors (Lipinski definition) is 3. The van der Waals surface area contributed by atoms with Crippen molar-refractivity contribution in [2.24, 2.45) is 4.99 Å². The van der Waals surface area contributed by atoms with Crippen LogP contribution in [0.25, 0.3) is 0 Å². The monoisotopic (exact) mass is 591 g/mol. The molecule has 1 aliphatic rings. The van der Waals surface area contributed by atoms with Crippen LogP contribution in [-0.2, 0) is 0 Å². The number of nitrogens with zero attached hydrogens (tertiary/aromatic N) is 2. The predicted octanol–water partition coefficient (Wildman–Crippen LogP) is 9.15. The number of halogens is 1. The minimum Gasteiger partial charge on any atom is -0.344 e. The predicted molar refractivity (Wildman–Crippen MR) is 186 cm³/mol. The lowest BCUT2D eigenvalue weighted by Crippen LogP contribution is -2.41. The number of anilines is 2. The zero-order valence-corrected chi connectivity index (χ0v) is 27.4. The van der Waals surface area contributed by atoms with Gasteiger partial charge in [0.1, 0.15) is 17.5 Å². The van der Waals surface area contributed by atoms with Crippen molar-refractivity contribution >= 4 is 33.8 Å². The Labute approximate surface area is 256 Å². The maximum Gasteiger partial charge on any atom is 0.132 e. The highest BCUT2D eigenvalue weighted by atomic mass is 32.2. The van der Waals surface area contributed by atoms with Crippen molar-refractivity contribution in [3.05, 3.63) is 102 Å². The molecule has 3 rings (SSSR count). The molecule has 0 spiro atoms. The van der Waals surface area contributed by atoms with Gasteiger partial charge in [-0.05, 0) is 102 Å². The molecule has 2 aromatic rings. The van der Waals surface area contributed by atoms with Crippen LogP contribution in [0.2, 0.25) is 0 Å². The Morgan fingerprint density at radius 3 is 2.10 bits per heavy atom. The summed E-state index contributed by atoms with van der Waals surface area (Å²) in [6.07, 6.45) is 7.99. The van der Waals surface area contributed by atoms with E-state index < -0.39 is 0 Å². The molecule has 1 fully saturated rings. The molecular weight excluding hydrogens is 541 g/mol. The quantitative estimate of drug-likeness (QED) is 0.106. The van der Waals surface area contributed by atoms with E-state index in [0.717, 1.165) is 49.7 Å². The maximum absolute atomic E-state index is 13.2. The van der Waals surface area contributed by atoms with E-state index in [0.29, 0.717) is 11.9 Å². The van der Waals surface area contributed by atoms with Crippen LogP contribution in [0.15, 0.2) is 106 Å². The number of allylic oxidation sites excluding steroid dienone is 5. The van der Waals surface area contributed by atoms with E-state index in [2.05, 4.69) is 95.7 Å². The number of amidine groups is 1. The van der Waals surface area contributed by atoms with Gasteiger partial charge in [-0.2, -0.15) is 0 Å². The van der Waals surface area contributed by atoms with Gasteiger partial charge in [0.05, 0.1) is 0 Å². The number of hydrogen-bond acceptors (Lipinski definition) is 4. The molecule has 5 nitrogen and oxygen atoms in total. The van der Waals surface area contributed by atoms with E-state index in [1.807, 2.05) is 20.8 Å². The molecule has 1 saturated heterocycles. The summed E-state index contributed by atoms with van der Waals surface area (Å²) in [6.45, 7) is 21.4. The summed E-state index contributed by atoms with van der Waals surface area (Å²) in [5.74, 6) is 5.55. The summed E-state index contributed by atoms with van der Waals surface area (Å²) in [6, 6.07) is 15.1. The highest BCUT2D eigenvalue weighted by Crippen LogP contribution is 2.32. The van der Waals surface area contributed by atoms with Gasteiger partial charge >= 0.3 is 0 Å². The molecule has 1 unspecified atom stereocenters. The summed E-state index contributed by atoms with van der Waals surface area (Å²) in [4.78, 5) is 5.85. The van der Waals surface area contributed by atoms with E-state index in [9.17, 15) is 4.39 Å². The van der Waals surface area contributed by atoms with Crippen LogP contribution in [0.4, 0.5) is 15.8 Å². The Hall–Kier alpha value is -3.26. The van der Waals surface area contributed by atoms with E-state index in [-0.39, 0.29) is 16.5 Å². The zero-order valence-electron chi connectivity index (χ0n) is 26.6. The van der Waals surface area contributed by atoms with Gasteiger partial charge < -0.3 is 16.0 Å². The Kier molecular flexibility index (Phi) is 15.2. The van der Waals surface area contributed by atoms with E-state index in [1.165, 1.54) is 33.7 Å².